The van der Waals surface area contributed by atoms with Crippen LogP contribution in [0, 0.1) is 5.92 Å². The van der Waals surface area contributed by atoms with Crippen molar-refractivity contribution in [3.05, 3.63) is 29.6 Å². The number of alkyl halides is 3. The van der Waals surface area contributed by atoms with E-state index in [-0.39, 0.29) is 17.2 Å². The minimum Gasteiger partial charge on any atom is -0.343 e. The number of piperidine rings is 1. The Morgan fingerprint density at radius 1 is 1.18 bits per heavy atom. The van der Waals surface area contributed by atoms with Crippen LogP contribution in [0.4, 0.5) is 13.2 Å². The van der Waals surface area contributed by atoms with Gasteiger partial charge >= 0.3 is 6.18 Å². The number of hydrogen-bond acceptors (Lipinski definition) is 2. The Morgan fingerprint density at radius 3 is 2.50 bits per heavy atom. The van der Waals surface area contributed by atoms with Crippen molar-refractivity contribution in [1.82, 2.24) is 14.5 Å². The zero-order chi connectivity index (χ0) is 19.9. The number of likely N-dealkylation sites (tertiary alicyclic amines) is 1. The topological polar surface area (TPSA) is 38.1 Å². The van der Waals surface area contributed by atoms with Crippen LogP contribution in [0.25, 0.3) is 11.0 Å². The summed E-state index contributed by atoms with van der Waals surface area (Å²) in [6.45, 7) is 1.24. The van der Waals surface area contributed by atoms with E-state index >= 15 is 0 Å². The fourth-order valence-electron chi connectivity index (χ4n) is 4.91. The summed E-state index contributed by atoms with van der Waals surface area (Å²) in [5.74, 6) is 0.745. The Kier molecular flexibility index (Phi) is 5.10. The molecule has 0 spiro atoms. The number of amides is 1. The molecule has 0 aromatic carbocycles. The maximum atomic E-state index is 13.5. The second-order valence-electron chi connectivity index (χ2n) is 8.26. The highest BCUT2D eigenvalue weighted by molar-refractivity contribution is 5.85. The Labute approximate surface area is 162 Å². The van der Waals surface area contributed by atoms with Crippen molar-refractivity contribution >= 4 is 16.9 Å². The number of halogens is 3. The van der Waals surface area contributed by atoms with Crippen LogP contribution in [0.2, 0.25) is 0 Å². The minimum absolute atomic E-state index is 0.0181. The maximum absolute atomic E-state index is 13.5. The van der Waals surface area contributed by atoms with E-state index in [9.17, 15) is 18.0 Å². The molecule has 0 bridgehead atoms. The molecule has 1 saturated carbocycles. The summed E-state index contributed by atoms with van der Waals surface area (Å²) < 4.78 is 42.3. The van der Waals surface area contributed by atoms with E-state index in [1.54, 1.807) is 17.8 Å². The highest BCUT2D eigenvalue weighted by atomic mass is 19.4. The average Bonchev–Trinajstić information content (AvgIpc) is 3.29. The lowest BCUT2D eigenvalue weighted by molar-refractivity contribution is -0.136. The first-order chi connectivity index (χ1) is 13.3. The Morgan fingerprint density at radius 2 is 1.86 bits per heavy atom. The lowest BCUT2D eigenvalue weighted by atomic mass is 9.88. The smallest absolute Gasteiger partial charge is 0.343 e. The molecule has 4 nitrogen and oxygen atoms in total. The average molecular weight is 393 g/mol. The van der Waals surface area contributed by atoms with Crippen molar-refractivity contribution in [2.75, 3.05) is 13.1 Å². The van der Waals surface area contributed by atoms with Crippen LogP contribution in [0.1, 0.15) is 62.0 Å². The summed E-state index contributed by atoms with van der Waals surface area (Å²) in [6, 6.07) is 1.06. The summed E-state index contributed by atoms with van der Waals surface area (Å²) in [5, 5.41) is 0.216. The quantitative estimate of drug-likeness (QED) is 0.746. The van der Waals surface area contributed by atoms with Gasteiger partial charge in [-0.05, 0) is 49.1 Å². The summed E-state index contributed by atoms with van der Waals surface area (Å²) in [7, 11) is 1.74. The van der Waals surface area contributed by atoms with E-state index in [0.717, 1.165) is 18.9 Å². The number of pyridine rings is 1. The molecule has 7 heteroatoms. The van der Waals surface area contributed by atoms with Gasteiger partial charge in [-0.3, -0.25) is 4.79 Å². The molecule has 1 saturated heterocycles. The number of hydrogen-bond donors (Lipinski definition) is 0. The number of carbonyl (C=O) groups excluding carboxylic acids is 1. The van der Waals surface area contributed by atoms with E-state index in [4.69, 9.17) is 0 Å². The van der Waals surface area contributed by atoms with E-state index in [1.165, 1.54) is 19.0 Å². The molecule has 0 N–H and O–H groups in total. The predicted molar refractivity (Wildman–Crippen MR) is 101 cm³/mol. The summed E-state index contributed by atoms with van der Waals surface area (Å²) in [5.41, 5.74) is 0.457. The standard InChI is InChI=1S/C21H26F3N3O/c1-26-13-16(19-17(21(22,23)24)6-9-25-20(19)26)15-7-10-27(11-8-15)18(28)12-14-4-2-3-5-14/h6,9,13-15H,2-5,7-8,10-12H2,1H3. The van der Waals surface area contributed by atoms with Crippen LogP contribution in [-0.2, 0) is 18.0 Å². The molecule has 2 aromatic heterocycles. The third kappa shape index (κ3) is 3.63. The molecule has 152 valence electrons. The van der Waals surface area contributed by atoms with Crippen molar-refractivity contribution in [1.29, 1.82) is 0 Å². The minimum atomic E-state index is -4.41. The summed E-state index contributed by atoms with van der Waals surface area (Å²) in [4.78, 5) is 18.6. The van der Waals surface area contributed by atoms with Gasteiger partial charge in [0, 0.05) is 44.3 Å². The predicted octanol–water partition coefficient (Wildman–Crippen LogP) is 4.88. The van der Waals surface area contributed by atoms with Crippen LogP contribution >= 0.6 is 0 Å². The van der Waals surface area contributed by atoms with Crippen LogP contribution in [0.5, 0.6) is 0 Å². The second-order valence-corrected chi connectivity index (χ2v) is 8.26. The van der Waals surface area contributed by atoms with Gasteiger partial charge in [-0.15, -0.1) is 0 Å². The zero-order valence-corrected chi connectivity index (χ0v) is 16.1. The van der Waals surface area contributed by atoms with Gasteiger partial charge in [0.15, 0.2) is 0 Å². The van der Waals surface area contributed by atoms with E-state index < -0.39 is 11.7 Å². The number of carbonyl (C=O) groups is 1. The summed E-state index contributed by atoms with van der Waals surface area (Å²) >= 11 is 0. The Balaban J connectivity index is 1.52. The number of fused-ring (bicyclic) bond motifs is 1. The maximum Gasteiger partial charge on any atom is 0.417 e. The van der Waals surface area contributed by atoms with Crippen LogP contribution in [0.3, 0.4) is 0 Å². The largest absolute Gasteiger partial charge is 0.417 e. The lowest BCUT2D eigenvalue weighted by Crippen LogP contribution is -2.38. The molecule has 1 aliphatic heterocycles. The van der Waals surface area contributed by atoms with Gasteiger partial charge in [-0.1, -0.05) is 12.8 Å². The summed E-state index contributed by atoms with van der Waals surface area (Å²) in [6.07, 6.45) is 5.34. The van der Waals surface area contributed by atoms with E-state index in [2.05, 4.69) is 4.98 Å². The molecule has 4 rings (SSSR count). The molecule has 1 aliphatic carbocycles. The van der Waals surface area contributed by atoms with E-state index in [0.29, 0.717) is 49.5 Å². The van der Waals surface area contributed by atoms with E-state index in [1.807, 2.05) is 4.90 Å². The molecule has 2 aliphatic rings. The van der Waals surface area contributed by atoms with Gasteiger partial charge < -0.3 is 9.47 Å². The van der Waals surface area contributed by atoms with Crippen LogP contribution in [-0.4, -0.2) is 33.4 Å². The molecular formula is C21H26F3N3O. The van der Waals surface area contributed by atoms with Crippen molar-refractivity contribution < 1.29 is 18.0 Å². The number of rotatable bonds is 3. The number of aromatic nitrogens is 2. The SMILES string of the molecule is Cn1cc(C2CCN(C(=O)CC3CCCC3)CC2)c2c(C(F)(F)F)ccnc21. The van der Waals surface area contributed by atoms with Crippen LogP contribution in [0.15, 0.2) is 18.5 Å². The number of nitrogens with zero attached hydrogens (tertiary/aromatic N) is 3. The normalized spacial score (nSPS) is 19.6. The molecule has 1 amide bonds. The fourth-order valence-corrected chi connectivity index (χ4v) is 4.91. The van der Waals surface area contributed by atoms with Gasteiger partial charge in [0.2, 0.25) is 5.91 Å². The highest BCUT2D eigenvalue weighted by Gasteiger charge is 2.36. The number of aryl methyl sites for hydroxylation is 1. The van der Waals surface area contributed by atoms with Crippen molar-refractivity contribution in [2.45, 2.75) is 57.0 Å². The lowest BCUT2D eigenvalue weighted by Gasteiger charge is -2.33. The first kappa shape index (κ1) is 19.3. The Hall–Kier alpha value is -2.05. The van der Waals surface area contributed by atoms with Crippen LogP contribution < -0.4 is 0 Å². The fraction of sp³-hybridized carbons (Fsp3) is 0.619. The van der Waals surface area contributed by atoms with Gasteiger partial charge in [-0.2, -0.15) is 13.2 Å². The van der Waals surface area contributed by atoms with Crippen molar-refractivity contribution in [3.63, 3.8) is 0 Å². The molecule has 0 atom stereocenters. The third-order valence-electron chi connectivity index (χ3n) is 6.42. The molecule has 3 heterocycles. The van der Waals surface area contributed by atoms with Crippen molar-refractivity contribution in [2.24, 2.45) is 13.0 Å². The molecule has 2 aromatic rings. The Bertz CT molecular complexity index is 860. The first-order valence-corrected chi connectivity index (χ1v) is 10.1. The van der Waals surface area contributed by atoms with Gasteiger partial charge in [-0.25, -0.2) is 4.98 Å². The molecule has 0 radical (unpaired) electrons. The van der Waals surface area contributed by atoms with Gasteiger partial charge in [0.25, 0.3) is 0 Å². The zero-order valence-electron chi connectivity index (χ0n) is 16.1. The second kappa shape index (κ2) is 7.41. The molecule has 2 fully saturated rings. The third-order valence-corrected chi connectivity index (χ3v) is 6.42. The van der Waals surface area contributed by atoms with Gasteiger partial charge in [0.05, 0.1) is 5.56 Å². The first-order valence-electron chi connectivity index (χ1n) is 10.1. The molecular weight excluding hydrogens is 367 g/mol. The van der Waals surface area contributed by atoms with Gasteiger partial charge in [0.1, 0.15) is 5.65 Å². The molecule has 28 heavy (non-hydrogen) atoms. The molecule has 0 unspecified atom stereocenters. The highest BCUT2D eigenvalue weighted by Crippen LogP contribution is 2.41. The van der Waals surface area contributed by atoms with Crippen molar-refractivity contribution in [3.8, 4) is 0 Å². The monoisotopic (exact) mass is 393 g/mol.